The van der Waals surface area contributed by atoms with Crippen molar-refractivity contribution in [2.75, 3.05) is 39.4 Å². The van der Waals surface area contributed by atoms with E-state index in [2.05, 4.69) is 39.6 Å². The normalized spacial score (nSPS) is 16.6. The first-order valence-corrected chi connectivity index (χ1v) is 11.3. The van der Waals surface area contributed by atoms with Crippen molar-refractivity contribution in [3.05, 3.63) is 50.4 Å². The molecule has 0 bridgehead atoms. The fourth-order valence-corrected chi connectivity index (χ4v) is 4.53. The monoisotopic (exact) mass is 435 g/mol. The average Bonchev–Trinajstić information content (AvgIpc) is 3.04. The van der Waals surface area contributed by atoms with Gasteiger partial charge in [0.15, 0.2) is 5.96 Å². The highest BCUT2D eigenvalue weighted by Gasteiger charge is 2.23. The third-order valence-corrected chi connectivity index (χ3v) is 6.20. The van der Waals surface area contributed by atoms with E-state index in [9.17, 15) is 0 Å². The van der Waals surface area contributed by atoms with Gasteiger partial charge in [0.1, 0.15) is 0 Å². The molecule has 1 aromatic heterocycles. The van der Waals surface area contributed by atoms with Crippen molar-refractivity contribution in [2.24, 2.45) is 4.99 Å². The highest BCUT2D eigenvalue weighted by molar-refractivity contribution is 7.11. The van der Waals surface area contributed by atoms with Crippen LogP contribution in [0.25, 0.3) is 0 Å². The summed E-state index contributed by atoms with van der Waals surface area (Å²) < 4.78 is 5.55. The number of thiazole rings is 1. The Kier molecular flexibility index (Phi) is 8.29. The zero-order chi connectivity index (χ0) is 20.6. The third kappa shape index (κ3) is 6.40. The number of benzene rings is 1. The average molecular weight is 436 g/mol. The van der Waals surface area contributed by atoms with Crippen LogP contribution in [0.1, 0.15) is 34.1 Å². The van der Waals surface area contributed by atoms with Gasteiger partial charge in [0.05, 0.1) is 36.5 Å². The van der Waals surface area contributed by atoms with Crippen LogP contribution in [-0.2, 0) is 11.3 Å². The van der Waals surface area contributed by atoms with Gasteiger partial charge >= 0.3 is 0 Å². The molecule has 0 spiro atoms. The lowest BCUT2D eigenvalue weighted by atomic mass is 10.0. The number of morpholine rings is 1. The van der Waals surface area contributed by atoms with Crippen molar-refractivity contribution in [3.8, 4) is 0 Å². The molecule has 1 fully saturated rings. The molecule has 1 atom stereocenters. The molecular weight excluding hydrogens is 406 g/mol. The predicted octanol–water partition coefficient (Wildman–Crippen LogP) is 3.54. The van der Waals surface area contributed by atoms with Crippen LogP contribution in [0.2, 0.25) is 5.02 Å². The highest BCUT2D eigenvalue weighted by Crippen LogP contribution is 2.24. The Morgan fingerprint density at radius 3 is 2.76 bits per heavy atom. The minimum absolute atomic E-state index is 0.203. The Morgan fingerprint density at radius 2 is 2.10 bits per heavy atom. The molecule has 1 aliphatic rings. The predicted molar refractivity (Wildman–Crippen MR) is 121 cm³/mol. The number of hydrogen-bond acceptors (Lipinski definition) is 5. The molecule has 0 aliphatic carbocycles. The maximum Gasteiger partial charge on any atom is 0.191 e. The lowest BCUT2D eigenvalue weighted by Gasteiger charge is -2.35. The standard InChI is InChI=1S/C21H30ClN5OS/c1-4-23-21(25-14-20-15(2)26-16(3)29-20)24-13-19(27-8-10-28-11-9-27)17-6-5-7-18(22)12-17/h5-7,12,19H,4,8-11,13-14H2,1-3H3,(H2,23,24,25). The summed E-state index contributed by atoms with van der Waals surface area (Å²) in [6.45, 7) is 11.7. The molecule has 1 unspecified atom stereocenters. The number of aromatic nitrogens is 1. The lowest BCUT2D eigenvalue weighted by Crippen LogP contribution is -2.46. The second-order valence-electron chi connectivity index (χ2n) is 7.04. The first kappa shape index (κ1) is 22.0. The minimum atomic E-state index is 0.203. The summed E-state index contributed by atoms with van der Waals surface area (Å²) in [4.78, 5) is 12.9. The van der Waals surface area contributed by atoms with Crippen molar-refractivity contribution in [2.45, 2.75) is 33.4 Å². The topological polar surface area (TPSA) is 61.8 Å². The van der Waals surface area contributed by atoms with E-state index in [1.807, 2.05) is 26.0 Å². The molecule has 1 aliphatic heterocycles. The number of guanidine groups is 1. The van der Waals surface area contributed by atoms with E-state index < -0.39 is 0 Å². The van der Waals surface area contributed by atoms with E-state index in [1.165, 1.54) is 10.4 Å². The largest absolute Gasteiger partial charge is 0.379 e. The number of aryl methyl sites for hydroxylation is 2. The summed E-state index contributed by atoms with van der Waals surface area (Å²) in [7, 11) is 0. The molecule has 2 heterocycles. The van der Waals surface area contributed by atoms with Gasteiger partial charge in [-0.3, -0.25) is 4.90 Å². The van der Waals surface area contributed by atoms with Crippen molar-refractivity contribution >= 4 is 28.9 Å². The number of hydrogen-bond donors (Lipinski definition) is 2. The molecule has 1 aromatic carbocycles. The zero-order valence-corrected chi connectivity index (χ0v) is 18.9. The first-order valence-electron chi connectivity index (χ1n) is 10.1. The molecule has 0 saturated carbocycles. The molecule has 1 saturated heterocycles. The van der Waals surface area contributed by atoms with Gasteiger partial charge in [0.2, 0.25) is 0 Å². The van der Waals surface area contributed by atoms with E-state index in [4.69, 9.17) is 21.3 Å². The summed E-state index contributed by atoms with van der Waals surface area (Å²) in [5.41, 5.74) is 2.27. The fraction of sp³-hybridized carbons (Fsp3) is 0.524. The van der Waals surface area contributed by atoms with Crippen LogP contribution in [0.15, 0.2) is 29.3 Å². The van der Waals surface area contributed by atoms with Gasteiger partial charge in [-0.2, -0.15) is 0 Å². The Morgan fingerprint density at radius 1 is 1.31 bits per heavy atom. The Balaban J connectivity index is 1.72. The van der Waals surface area contributed by atoms with Gasteiger partial charge in [0, 0.05) is 36.1 Å². The van der Waals surface area contributed by atoms with Gasteiger partial charge in [-0.25, -0.2) is 9.98 Å². The van der Waals surface area contributed by atoms with Crippen molar-refractivity contribution in [1.82, 2.24) is 20.5 Å². The molecule has 158 valence electrons. The van der Waals surface area contributed by atoms with Crippen LogP contribution in [0.3, 0.4) is 0 Å². The van der Waals surface area contributed by atoms with Crippen molar-refractivity contribution in [3.63, 3.8) is 0 Å². The third-order valence-electron chi connectivity index (χ3n) is 4.91. The van der Waals surface area contributed by atoms with Gasteiger partial charge in [-0.1, -0.05) is 23.7 Å². The molecular formula is C21H30ClN5OS. The van der Waals surface area contributed by atoms with Crippen molar-refractivity contribution in [1.29, 1.82) is 0 Å². The van der Waals surface area contributed by atoms with E-state index in [0.29, 0.717) is 6.54 Å². The van der Waals surface area contributed by atoms with Gasteiger partial charge < -0.3 is 15.4 Å². The Hall–Kier alpha value is -1.67. The van der Waals surface area contributed by atoms with Crippen LogP contribution < -0.4 is 10.6 Å². The molecule has 2 N–H and O–H groups in total. The van der Waals surface area contributed by atoms with Gasteiger partial charge in [0.25, 0.3) is 0 Å². The molecule has 29 heavy (non-hydrogen) atoms. The number of halogens is 1. The van der Waals surface area contributed by atoms with Crippen LogP contribution in [0.5, 0.6) is 0 Å². The van der Waals surface area contributed by atoms with Crippen LogP contribution in [-0.4, -0.2) is 55.2 Å². The molecule has 6 nitrogen and oxygen atoms in total. The van der Waals surface area contributed by atoms with Crippen molar-refractivity contribution < 1.29 is 4.74 Å². The lowest BCUT2D eigenvalue weighted by molar-refractivity contribution is 0.0170. The first-order chi connectivity index (χ1) is 14.1. The van der Waals surface area contributed by atoms with E-state index in [1.54, 1.807) is 11.3 Å². The summed E-state index contributed by atoms with van der Waals surface area (Å²) >= 11 is 7.98. The summed E-state index contributed by atoms with van der Waals surface area (Å²) in [6.07, 6.45) is 0. The summed E-state index contributed by atoms with van der Waals surface area (Å²) in [6, 6.07) is 8.32. The number of rotatable bonds is 7. The minimum Gasteiger partial charge on any atom is -0.379 e. The van der Waals surface area contributed by atoms with Crippen LogP contribution in [0, 0.1) is 13.8 Å². The molecule has 0 amide bonds. The summed E-state index contributed by atoms with van der Waals surface area (Å²) in [5.74, 6) is 0.818. The SMILES string of the molecule is CCNC(=NCc1sc(C)nc1C)NCC(c1cccc(Cl)c1)N1CCOCC1. The highest BCUT2D eigenvalue weighted by atomic mass is 35.5. The molecule has 0 radical (unpaired) electrons. The number of nitrogens with one attached hydrogen (secondary N) is 2. The quantitative estimate of drug-likeness (QED) is 0.514. The van der Waals surface area contributed by atoms with Gasteiger partial charge in [-0.05, 0) is 38.5 Å². The fourth-order valence-electron chi connectivity index (χ4n) is 3.47. The van der Waals surface area contributed by atoms with E-state index in [-0.39, 0.29) is 6.04 Å². The molecule has 3 rings (SSSR count). The maximum absolute atomic E-state index is 6.27. The Labute approximate surface area is 182 Å². The second-order valence-corrected chi connectivity index (χ2v) is 8.76. The Bertz CT molecular complexity index is 819. The molecule has 2 aromatic rings. The van der Waals surface area contributed by atoms with E-state index >= 15 is 0 Å². The molecule has 8 heteroatoms. The van der Waals surface area contributed by atoms with Gasteiger partial charge in [-0.15, -0.1) is 11.3 Å². The number of aliphatic imine (C=N–C) groups is 1. The number of nitrogens with zero attached hydrogens (tertiary/aromatic N) is 3. The number of ether oxygens (including phenoxy) is 1. The van der Waals surface area contributed by atoms with Crippen LogP contribution >= 0.6 is 22.9 Å². The second kappa shape index (κ2) is 10.9. The smallest absolute Gasteiger partial charge is 0.191 e. The van der Waals surface area contributed by atoms with E-state index in [0.717, 1.165) is 61.1 Å². The summed E-state index contributed by atoms with van der Waals surface area (Å²) in [5, 5.41) is 8.73. The zero-order valence-electron chi connectivity index (χ0n) is 17.4. The maximum atomic E-state index is 6.27. The van der Waals surface area contributed by atoms with Crippen LogP contribution in [0.4, 0.5) is 0 Å².